The maximum Gasteiger partial charge on any atom is 0.261 e. The van der Waals surface area contributed by atoms with Crippen LogP contribution in [0.15, 0.2) is 72.3 Å². The van der Waals surface area contributed by atoms with Gasteiger partial charge in [0.25, 0.3) is 8.32 Å². The van der Waals surface area contributed by atoms with Gasteiger partial charge in [-0.3, -0.25) is 0 Å². The molecule has 0 aliphatic carbocycles. The zero-order valence-corrected chi connectivity index (χ0v) is 19.9. The van der Waals surface area contributed by atoms with Crippen LogP contribution in [0.4, 0.5) is 0 Å². The highest BCUT2D eigenvalue weighted by Gasteiger charge is 2.50. The van der Waals surface area contributed by atoms with Crippen molar-refractivity contribution in [2.24, 2.45) is 0 Å². The SMILES string of the molecule is C/C(=C/CO[Si](c1ccccc1)(c1ccccc1)C(C)(C)C)CC[C@@H]1OC1(C)C. The largest absolute Gasteiger partial charge is 0.404 e. The number of allylic oxidation sites excluding steroid dienone is 1. The van der Waals surface area contributed by atoms with Crippen molar-refractivity contribution in [3.63, 3.8) is 0 Å². The van der Waals surface area contributed by atoms with Crippen LogP contribution in [-0.4, -0.2) is 26.6 Å². The van der Waals surface area contributed by atoms with Gasteiger partial charge in [0, 0.05) is 0 Å². The molecular formula is C26H36O2Si. The minimum atomic E-state index is -2.44. The van der Waals surface area contributed by atoms with E-state index < -0.39 is 8.32 Å². The molecule has 2 aromatic carbocycles. The van der Waals surface area contributed by atoms with Crippen LogP contribution in [0.2, 0.25) is 5.04 Å². The molecule has 1 heterocycles. The highest BCUT2D eigenvalue weighted by atomic mass is 28.4. The average molecular weight is 409 g/mol. The summed E-state index contributed by atoms with van der Waals surface area (Å²) in [5, 5.41) is 2.68. The lowest BCUT2D eigenvalue weighted by molar-refractivity contribution is 0.319. The minimum absolute atomic E-state index is 0.0172. The van der Waals surface area contributed by atoms with Gasteiger partial charge in [-0.1, -0.05) is 93.1 Å². The first-order valence-electron chi connectivity index (χ1n) is 10.8. The molecular weight excluding hydrogens is 372 g/mol. The molecule has 3 heteroatoms. The lowest BCUT2D eigenvalue weighted by Crippen LogP contribution is -2.66. The first kappa shape index (κ1) is 22.0. The topological polar surface area (TPSA) is 21.8 Å². The summed E-state index contributed by atoms with van der Waals surface area (Å²) in [6.45, 7) is 14.2. The standard InChI is InChI=1S/C26H36O2Si/c1-21(17-18-24-26(5,6)28-24)19-20-27-29(25(2,3)4,22-13-9-7-10-14-22)23-15-11-8-12-16-23/h7-16,19,24H,17-18,20H2,1-6H3/b21-19-/t24-/m0/s1. The second kappa shape index (κ2) is 8.59. The molecule has 1 atom stereocenters. The number of rotatable bonds is 8. The molecule has 1 saturated heterocycles. The third-order valence-electron chi connectivity index (χ3n) is 6.11. The van der Waals surface area contributed by atoms with Gasteiger partial charge in [0.1, 0.15) is 0 Å². The fourth-order valence-electron chi connectivity index (χ4n) is 4.27. The molecule has 0 spiro atoms. The number of ether oxygens (including phenoxy) is 1. The Hall–Kier alpha value is -1.68. The molecule has 0 aromatic heterocycles. The third-order valence-corrected chi connectivity index (χ3v) is 11.1. The summed E-state index contributed by atoms with van der Waals surface area (Å²) < 4.78 is 12.7. The van der Waals surface area contributed by atoms with Gasteiger partial charge in [-0.2, -0.15) is 0 Å². The molecule has 2 aromatic rings. The molecule has 2 nitrogen and oxygen atoms in total. The predicted octanol–water partition coefficient (Wildman–Crippen LogP) is 5.47. The highest BCUT2D eigenvalue weighted by Crippen LogP contribution is 2.39. The molecule has 1 aliphatic heterocycles. The van der Waals surface area contributed by atoms with Crippen molar-refractivity contribution in [1.29, 1.82) is 0 Å². The van der Waals surface area contributed by atoms with Crippen molar-refractivity contribution in [1.82, 2.24) is 0 Å². The predicted molar refractivity (Wildman–Crippen MR) is 126 cm³/mol. The van der Waals surface area contributed by atoms with Crippen molar-refractivity contribution in [2.75, 3.05) is 6.61 Å². The van der Waals surface area contributed by atoms with Gasteiger partial charge in [0.2, 0.25) is 0 Å². The molecule has 0 saturated carbocycles. The average Bonchev–Trinajstić information content (AvgIpc) is 3.30. The van der Waals surface area contributed by atoms with Crippen LogP contribution in [0, 0.1) is 0 Å². The van der Waals surface area contributed by atoms with E-state index in [4.69, 9.17) is 9.16 Å². The van der Waals surface area contributed by atoms with Crippen molar-refractivity contribution in [3.8, 4) is 0 Å². The maximum atomic E-state index is 6.93. The van der Waals surface area contributed by atoms with Gasteiger partial charge in [0.05, 0.1) is 18.3 Å². The van der Waals surface area contributed by atoms with Crippen LogP contribution in [-0.2, 0) is 9.16 Å². The number of hydrogen-bond acceptors (Lipinski definition) is 2. The van der Waals surface area contributed by atoms with Crippen LogP contribution < -0.4 is 10.4 Å². The van der Waals surface area contributed by atoms with Crippen LogP contribution >= 0.6 is 0 Å². The molecule has 156 valence electrons. The quantitative estimate of drug-likeness (QED) is 0.328. The van der Waals surface area contributed by atoms with E-state index in [0.29, 0.717) is 12.7 Å². The monoisotopic (exact) mass is 408 g/mol. The van der Waals surface area contributed by atoms with E-state index in [1.165, 1.54) is 15.9 Å². The summed E-state index contributed by atoms with van der Waals surface area (Å²) in [6.07, 6.45) is 4.84. The van der Waals surface area contributed by atoms with Gasteiger partial charge < -0.3 is 9.16 Å². The minimum Gasteiger partial charge on any atom is -0.404 e. The second-order valence-corrected chi connectivity index (χ2v) is 14.1. The van der Waals surface area contributed by atoms with E-state index in [9.17, 15) is 0 Å². The fourth-order valence-corrected chi connectivity index (χ4v) is 8.76. The number of hydrogen-bond donors (Lipinski definition) is 0. The third kappa shape index (κ3) is 4.91. The molecule has 0 bridgehead atoms. The Labute approximate surface area is 178 Å². The van der Waals surface area contributed by atoms with Crippen LogP contribution in [0.1, 0.15) is 54.4 Å². The highest BCUT2D eigenvalue weighted by molar-refractivity contribution is 6.99. The molecule has 0 radical (unpaired) electrons. The van der Waals surface area contributed by atoms with Crippen LogP contribution in [0.5, 0.6) is 0 Å². The normalized spacial score (nSPS) is 19.2. The molecule has 1 fully saturated rings. The van der Waals surface area contributed by atoms with E-state index in [1.807, 2.05) is 0 Å². The summed E-state index contributed by atoms with van der Waals surface area (Å²) in [6, 6.07) is 21.7. The van der Waals surface area contributed by atoms with E-state index in [-0.39, 0.29) is 10.6 Å². The Morgan fingerprint density at radius 3 is 1.90 bits per heavy atom. The van der Waals surface area contributed by atoms with Crippen LogP contribution in [0.25, 0.3) is 0 Å². The Morgan fingerprint density at radius 1 is 1.00 bits per heavy atom. The zero-order chi connectivity index (χ0) is 21.1. The van der Waals surface area contributed by atoms with Crippen molar-refractivity contribution >= 4 is 18.7 Å². The van der Waals surface area contributed by atoms with Crippen molar-refractivity contribution in [2.45, 2.75) is 71.1 Å². The van der Waals surface area contributed by atoms with Crippen molar-refractivity contribution < 1.29 is 9.16 Å². The first-order chi connectivity index (χ1) is 13.7. The van der Waals surface area contributed by atoms with Crippen LogP contribution in [0.3, 0.4) is 0 Å². The summed E-state index contributed by atoms with van der Waals surface area (Å²) >= 11 is 0. The van der Waals surface area contributed by atoms with E-state index in [0.717, 1.165) is 12.8 Å². The molecule has 0 amide bonds. The summed E-state index contributed by atoms with van der Waals surface area (Å²) in [5.41, 5.74) is 1.46. The molecule has 1 aliphatic rings. The summed E-state index contributed by atoms with van der Waals surface area (Å²) in [5.74, 6) is 0. The number of epoxide rings is 1. The fraction of sp³-hybridized carbons (Fsp3) is 0.462. The molecule has 0 unspecified atom stereocenters. The lowest BCUT2D eigenvalue weighted by atomic mass is 10.0. The summed E-state index contributed by atoms with van der Waals surface area (Å²) in [4.78, 5) is 0. The second-order valence-electron chi connectivity index (χ2n) is 9.77. The van der Waals surface area contributed by atoms with E-state index in [2.05, 4.69) is 108 Å². The van der Waals surface area contributed by atoms with E-state index >= 15 is 0 Å². The van der Waals surface area contributed by atoms with Gasteiger partial charge in [-0.15, -0.1) is 0 Å². The van der Waals surface area contributed by atoms with Gasteiger partial charge >= 0.3 is 0 Å². The smallest absolute Gasteiger partial charge is 0.261 e. The van der Waals surface area contributed by atoms with Crippen molar-refractivity contribution in [3.05, 3.63) is 72.3 Å². The number of benzene rings is 2. The van der Waals surface area contributed by atoms with E-state index in [1.54, 1.807) is 0 Å². The first-order valence-corrected chi connectivity index (χ1v) is 12.7. The lowest BCUT2D eigenvalue weighted by Gasteiger charge is -2.42. The molecule has 0 N–H and O–H groups in total. The Kier molecular flexibility index (Phi) is 6.52. The Balaban J connectivity index is 1.83. The van der Waals surface area contributed by atoms with Gasteiger partial charge in [-0.25, -0.2) is 0 Å². The maximum absolute atomic E-state index is 6.93. The van der Waals surface area contributed by atoms with Gasteiger partial charge in [-0.05, 0) is 49.0 Å². The molecule has 29 heavy (non-hydrogen) atoms. The van der Waals surface area contributed by atoms with Gasteiger partial charge in [0.15, 0.2) is 0 Å². The molecule has 3 rings (SSSR count). The zero-order valence-electron chi connectivity index (χ0n) is 18.9. The summed E-state index contributed by atoms with van der Waals surface area (Å²) in [7, 11) is -2.44. The Morgan fingerprint density at radius 2 is 1.48 bits per heavy atom. The Bertz CT molecular complexity index is 779.